The number of rotatable bonds is 6. The van der Waals surface area contributed by atoms with Crippen LogP contribution in [0.3, 0.4) is 0 Å². The summed E-state index contributed by atoms with van der Waals surface area (Å²) in [7, 11) is -6.04. The van der Waals surface area contributed by atoms with Crippen LogP contribution in [0.5, 0.6) is 5.75 Å². The van der Waals surface area contributed by atoms with Crippen molar-refractivity contribution in [2.24, 2.45) is 0 Å². The molecule has 0 saturated carbocycles. The van der Waals surface area contributed by atoms with Crippen LogP contribution in [-0.4, -0.2) is 67.1 Å². The molecule has 1 aliphatic heterocycles. The van der Waals surface area contributed by atoms with Gasteiger partial charge in [0.05, 0.1) is 0 Å². The maximum Gasteiger partial charge on any atom is 0.534 e. The molecule has 1 aliphatic rings. The third-order valence-electron chi connectivity index (χ3n) is 4.15. The first-order valence-electron chi connectivity index (χ1n) is 8.66. The molecule has 1 aromatic carbocycles. The second-order valence-corrected chi connectivity index (χ2v) is 8.01. The van der Waals surface area contributed by atoms with E-state index in [4.69, 9.17) is 14.2 Å². The Hall–Kier alpha value is -2.42. The number of carbonyl (C=O) groups excluding carboxylic acids is 2. The predicted molar refractivity (Wildman–Crippen MR) is 93.9 cm³/mol. The number of alkyl halides is 3. The molecular formula is C17H19F3O10S. The Kier molecular flexibility index (Phi) is 7.52. The lowest BCUT2D eigenvalue weighted by atomic mass is 9.90. The van der Waals surface area contributed by atoms with Crippen molar-refractivity contribution in [2.45, 2.75) is 49.9 Å². The van der Waals surface area contributed by atoms with Gasteiger partial charge in [-0.2, -0.15) is 21.6 Å². The number of hydrogen-bond acceptors (Lipinski definition) is 10. The minimum atomic E-state index is -6.04. The van der Waals surface area contributed by atoms with Gasteiger partial charge in [0.15, 0.2) is 6.10 Å². The van der Waals surface area contributed by atoms with E-state index >= 15 is 0 Å². The zero-order valence-corrected chi connectivity index (χ0v) is 16.9. The van der Waals surface area contributed by atoms with Crippen LogP contribution in [0.25, 0.3) is 0 Å². The molecule has 1 heterocycles. The Morgan fingerprint density at radius 2 is 1.71 bits per heavy atom. The third kappa shape index (κ3) is 5.84. The summed E-state index contributed by atoms with van der Waals surface area (Å²) in [6, 6.07) is 4.47. The van der Waals surface area contributed by atoms with Gasteiger partial charge in [-0.15, -0.1) is 0 Å². The first-order valence-corrected chi connectivity index (χ1v) is 10.1. The summed E-state index contributed by atoms with van der Waals surface area (Å²) < 4.78 is 80.4. The summed E-state index contributed by atoms with van der Waals surface area (Å²) in [4.78, 5) is 22.5. The highest BCUT2D eigenvalue weighted by atomic mass is 32.2. The minimum Gasteiger partial charge on any atom is -0.463 e. The molecule has 0 bridgehead atoms. The van der Waals surface area contributed by atoms with E-state index in [1.807, 2.05) is 0 Å². The molecule has 2 N–H and O–H groups in total. The van der Waals surface area contributed by atoms with Crippen molar-refractivity contribution in [1.29, 1.82) is 0 Å². The number of esters is 2. The first-order chi connectivity index (χ1) is 14.2. The van der Waals surface area contributed by atoms with Crippen LogP contribution in [0.1, 0.15) is 25.5 Å². The Morgan fingerprint density at radius 1 is 1.10 bits per heavy atom. The molecular weight excluding hydrogens is 453 g/mol. The molecule has 31 heavy (non-hydrogen) atoms. The van der Waals surface area contributed by atoms with E-state index in [0.29, 0.717) is 0 Å². The lowest BCUT2D eigenvalue weighted by Crippen LogP contribution is -2.57. The summed E-state index contributed by atoms with van der Waals surface area (Å²) in [6.07, 6.45) is -8.16. The molecule has 1 unspecified atom stereocenters. The fraction of sp³-hybridized carbons (Fsp3) is 0.529. The molecule has 5 atom stereocenters. The highest BCUT2D eigenvalue weighted by Gasteiger charge is 2.51. The molecule has 2 rings (SSSR count). The van der Waals surface area contributed by atoms with Gasteiger partial charge in [0.1, 0.15) is 36.8 Å². The number of carbonyl (C=O) groups is 2. The Balaban J connectivity index is 2.42. The summed E-state index contributed by atoms with van der Waals surface area (Å²) >= 11 is 0. The molecule has 0 amide bonds. The maximum absolute atomic E-state index is 12.7. The van der Waals surface area contributed by atoms with Crippen molar-refractivity contribution < 1.29 is 59.8 Å². The van der Waals surface area contributed by atoms with Crippen LogP contribution >= 0.6 is 0 Å². The van der Waals surface area contributed by atoms with Crippen LogP contribution < -0.4 is 4.18 Å². The largest absolute Gasteiger partial charge is 0.534 e. The monoisotopic (exact) mass is 472 g/mol. The van der Waals surface area contributed by atoms with Crippen molar-refractivity contribution >= 4 is 22.1 Å². The van der Waals surface area contributed by atoms with Crippen LogP contribution in [0, 0.1) is 0 Å². The normalized spacial score (nSPS) is 26.7. The van der Waals surface area contributed by atoms with Gasteiger partial charge in [-0.3, -0.25) is 9.59 Å². The molecule has 0 spiro atoms. The number of ether oxygens (including phenoxy) is 3. The number of aliphatic hydroxyl groups is 2. The quantitative estimate of drug-likeness (QED) is 0.342. The zero-order valence-electron chi connectivity index (χ0n) is 16.1. The average molecular weight is 472 g/mol. The molecule has 0 aliphatic carbocycles. The van der Waals surface area contributed by atoms with Crippen molar-refractivity contribution in [3.63, 3.8) is 0 Å². The smallest absolute Gasteiger partial charge is 0.463 e. The van der Waals surface area contributed by atoms with E-state index in [-0.39, 0.29) is 5.56 Å². The second-order valence-electron chi connectivity index (χ2n) is 6.47. The predicted octanol–water partition coefficient (Wildman–Crippen LogP) is 0.572. The van der Waals surface area contributed by atoms with E-state index in [9.17, 15) is 41.4 Å². The van der Waals surface area contributed by atoms with E-state index in [1.54, 1.807) is 0 Å². The average Bonchev–Trinajstić information content (AvgIpc) is 2.64. The van der Waals surface area contributed by atoms with Gasteiger partial charge in [-0.25, -0.2) is 0 Å². The van der Waals surface area contributed by atoms with Crippen LogP contribution in [-0.2, 0) is 33.9 Å². The number of hydrogen-bond donors (Lipinski definition) is 2. The Bertz CT molecular complexity index is 917. The summed E-state index contributed by atoms with van der Waals surface area (Å²) in [5.41, 5.74) is -6.07. The molecule has 10 nitrogen and oxygen atoms in total. The molecule has 0 radical (unpaired) electrons. The standard InChI is InChI=1S/C17H19F3O10S/c1-8(21)27-7-12-16(28-9(2)22)14(24)13(23)15(29-12)10-5-3-4-6-11(10)30-31(25,26)17(18,19)20/h3-6,12-16,23-24H,7H2,1-2H3/t12-,13+,14-,15?,16-/m1/s1. The minimum absolute atomic E-state index is 0.351. The molecule has 1 aromatic rings. The molecule has 0 aromatic heterocycles. The zero-order chi connectivity index (χ0) is 23.6. The van der Waals surface area contributed by atoms with Crippen LogP contribution in [0.4, 0.5) is 13.2 Å². The highest BCUT2D eigenvalue weighted by Crippen LogP contribution is 2.39. The van der Waals surface area contributed by atoms with Crippen molar-refractivity contribution in [3.05, 3.63) is 29.8 Å². The lowest BCUT2D eigenvalue weighted by molar-refractivity contribution is -0.242. The summed E-state index contributed by atoms with van der Waals surface area (Å²) in [5.74, 6) is -2.42. The van der Waals surface area contributed by atoms with Crippen LogP contribution in [0.2, 0.25) is 0 Å². The van der Waals surface area contributed by atoms with Gasteiger partial charge in [0.25, 0.3) is 0 Å². The first kappa shape index (κ1) is 24.8. The van der Waals surface area contributed by atoms with Crippen LogP contribution in [0.15, 0.2) is 24.3 Å². The van der Waals surface area contributed by atoms with Gasteiger partial charge in [-0.05, 0) is 6.07 Å². The van der Waals surface area contributed by atoms with Gasteiger partial charge in [-0.1, -0.05) is 18.2 Å². The Morgan fingerprint density at radius 3 is 2.26 bits per heavy atom. The topological polar surface area (TPSA) is 146 Å². The van der Waals surface area contributed by atoms with Gasteiger partial charge < -0.3 is 28.6 Å². The van der Waals surface area contributed by atoms with Crippen molar-refractivity contribution in [1.82, 2.24) is 0 Å². The van der Waals surface area contributed by atoms with E-state index in [2.05, 4.69) is 4.18 Å². The van der Waals surface area contributed by atoms with Crippen molar-refractivity contribution in [2.75, 3.05) is 6.61 Å². The number of benzene rings is 1. The van der Waals surface area contributed by atoms with E-state index in [1.165, 1.54) is 12.1 Å². The fourth-order valence-electron chi connectivity index (χ4n) is 2.82. The second kappa shape index (κ2) is 9.38. The Labute approximate surface area is 174 Å². The molecule has 174 valence electrons. The van der Waals surface area contributed by atoms with Gasteiger partial charge >= 0.3 is 27.6 Å². The highest BCUT2D eigenvalue weighted by molar-refractivity contribution is 7.88. The third-order valence-corrected chi connectivity index (χ3v) is 5.11. The number of aliphatic hydroxyl groups excluding tert-OH is 2. The molecule has 1 saturated heterocycles. The van der Waals surface area contributed by atoms with Crippen molar-refractivity contribution in [3.8, 4) is 5.75 Å². The van der Waals surface area contributed by atoms with E-state index < -0.39 is 70.4 Å². The SMILES string of the molecule is CC(=O)OC[C@H]1OC(c2ccccc2OS(=O)(=O)C(F)(F)F)[C@@H](O)[C@@H](O)[C@@H]1OC(C)=O. The summed E-state index contributed by atoms with van der Waals surface area (Å²) in [6.45, 7) is 1.54. The molecule has 1 fully saturated rings. The van der Waals surface area contributed by atoms with E-state index in [0.717, 1.165) is 26.0 Å². The molecule has 14 heteroatoms. The number of halogens is 3. The number of para-hydroxylation sites is 1. The summed E-state index contributed by atoms with van der Waals surface area (Å²) in [5, 5.41) is 20.9. The maximum atomic E-state index is 12.7. The fourth-order valence-corrected chi connectivity index (χ4v) is 3.31. The van der Waals surface area contributed by atoms with Gasteiger partial charge in [0, 0.05) is 19.4 Å². The lowest BCUT2D eigenvalue weighted by Gasteiger charge is -2.42. The van der Waals surface area contributed by atoms with Gasteiger partial charge in [0.2, 0.25) is 0 Å².